The van der Waals surface area contributed by atoms with E-state index < -0.39 is 5.54 Å². The van der Waals surface area contributed by atoms with Crippen LogP contribution in [-0.4, -0.2) is 56.1 Å². The number of piperidine rings is 1. The molecule has 8 heteroatoms. The maximum atomic E-state index is 13.3. The highest BCUT2D eigenvalue weighted by molar-refractivity contribution is 5.99. The highest BCUT2D eigenvalue weighted by Crippen LogP contribution is 2.38. The molecule has 1 aromatic heterocycles. The summed E-state index contributed by atoms with van der Waals surface area (Å²) in [7, 11) is 0. The largest absolute Gasteiger partial charge is 0.346 e. The van der Waals surface area contributed by atoms with Gasteiger partial charge in [0, 0.05) is 32.1 Å². The summed E-state index contributed by atoms with van der Waals surface area (Å²) in [5.41, 5.74) is 2.82. The molecule has 5 rings (SSSR count). The number of imidazole rings is 1. The molecule has 0 spiro atoms. The summed E-state index contributed by atoms with van der Waals surface area (Å²) in [4.78, 5) is 50.1. The molecule has 0 bridgehead atoms. The SMILES string of the molecule is CC(=O)N1CCC(CC(=O)NC(C)c2nc3ccccc3[nH]2)(N2Cc3ccccc3C2=O)CC1. The Morgan fingerprint density at radius 1 is 1.12 bits per heavy atom. The Bertz CT molecular complexity index is 1230. The second kappa shape index (κ2) is 8.59. The molecular weight excluding hydrogens is 430 g/mol. The summed E-state index contributed by atoms with van der Waals surface area (Å²) in [5.74, 6) is 0.547. The lowest BCUT2D eigenvalue weighted by Gasteiger charge is -2.47. The van der Waals surface area contributed by atoms with E-state index in [1.165, 1.54) is 0 Å². The zero-order valence-corrected chi connectivity index (χ0v) is 19.5. The van der Waals surface area contributed by atoms with Crippen LogP contribution in [0.3, 0.4) is 0 Å². The Balaban J connectivity index is 1.36. The number of H-pyrrole nitrogens is 1. The van der Waals surface area contributed by atoms with E-state index in [9.17, 15) is 14.4 Å². The van der Waals surface area contributed by atoms with E-state index in [0.29, 0.717) is 43.9 Å². The Kier molecular flexibility index (Phi) is 5.59. The Labute approximate surface area is 198 Å². The zero-order chi connectivity index (χ0) is 23.9. The number of carbonyl (C=O) groups excluding carboxylic acids is 3. The third-order valence-corrected chi connectivity index (χ3v) is 7.22. The van der Waals surface area contributed by atoms with Crippen LogP contribution in [0, 0.1) is 0 Å². The van der Waals surface area contributed by atoms with Crippen molar-refractivity contribution in [2.24, 2.45) is 0 Å². The Morgan fingerprint density at radius 2 is 1.82 bits per heavy atom. The number of aromatic nitrogens is 2. The van der Waals surface area contributed by atoms with Crippen LogP contribution in [0.15, 0.2) is 48.5 Å². The van der Waals surface area contributed by atoms with Gasteiger partial charge in [-0.15, -0.1) is 0 Å². The molecule has 176 valence electrons. The highest BCUT2D eigenvalue weighted by Gasteiger charge is 2.47. The number of likely N-dealkylation sites (tertiary alicyclic amines) is 1. The van der Waals surface area contributed by atoms with Crippen molar-refractivity contribution in [3.8, 4) is 0 Å². The Morgan fingerprint density at radius 3 is 2.53 bits per heavy atom. The molecule has 3 aromatic rings. The summed E-state index contributed by atoms with van der Waals surface area (Å²) in [6.07, 6.45) is 1.32. The van der Waals surface area contributed by atoms with Crippen molar-refractivity contribution >= 4 is 28.8 Å². The monoisotopic (exact) mass is 459 g/mol. The second-order valence-corrected chi connectivity index (χ2v) is 9.38. The van der Waals surface area contributed by atoms with Gasteiger partial charge in [-0.05, 0) is 43.5 Å². The van der Waals surface area contributed by atoms with Gasteiger partial charge in [-0.3, -0.25) is 14.4 Å². The first-order chi connectivity index (χ1) is 16.4. The summed E-state index contributed by atoms with van der Waals surface area (Å²) >= 11 is 0. The van der Waals surface area contributed by atoms with Crippen LogP contribution in [-0.2, 0) is 16.1 Å². The van der Waals surface area contributed by atoms with Crippen LogP contribution in [0.2, 0.25) is 0 Å². The van der Waals surface area contributed by atoms with E-state index in [1.807, 2.05) is 60.4 Å². The van der Waals surface area contributed by atoms with E-state index in [0.717, 1.165) is 16.6 Å². The lowest BCUT2D eigenvalue weighted by molar-refractivity contribution is -0.132. The van der Waals surface area contributed by atoms with E-state index in [-0.39, 0.29) is 30.2 Å². The molecule has 34 heavy (non-hydrogen) atoms. The van der Waals surface area contributed by atoms with Gasteiger partial charge in [0.25, 0.3) is 5.91 Å². The van der Waals surface area contributed by atoms with Crippen molar-refractivity contribution in [2.45, 2.75) is 51.2 Å². The van der Waals surface area contributed by atoms with Crippen LogP contribution in [0.25, 0.3) is 11.0 Å². The topological polar surface area (TPSA) is 98.4 Å². The van der Waals surface area contributed by atoms with Crippen LogP contribution in [0.1, 0.15) is 60.9 Å². The van der Waals surface area contributed by atoms with E-state index in [2.05, 4.69) is 15.3 Å². The number of para-hydroxylation sites is 2. The first kappa shape index (κ1) is 22.1. The van der Waals surface area contributed by atoms with Crippen LogP contribution < -0.4 is 5.32 Å². The van der Waals surface area contributed by atoms with Crippen molar-refractivity contribution in [3.63, 3.8) is 0 Å². The maximum absolute atomic E-state index is 13.3. The molecule has 1 unspecified atom stereocenters. The number of fused-ring (bicyclic) bond motifs is 2. The number of benzene rings is 2. The number of carbonyl (C=O) groups is 3. The Hall–Kier alpha value is -3.68. The molecule has 2 aliphatic heterocycles. The summed E-state index contributed by atoms with van der Waals surface area (Å²) in [6.45, 7) is 5.01. The smallest absolute Gasteiger partial charge is 0.254 e. The molecule has 8 nitrogen and oxygen atoms in total. The number of nitrogens with one attached hydrogen (secondary N) is 2. The van der Waals surface area contributed by atoms with Gasteiger partial charge in [0.05, 0.1) is 29.0 Å². The van der Waals surface area contributed by atoms with Gasteiger partial charge in [0.15, 0.2) is 0 Å². The van der Waals surface area contributed by atoms with Gasteiger partial charge in [-0.1, -0.05) is 30.3 Å². The first-order valence-electron chi connectivity index (χ1n) is 11.8. The minimum Gasteiger partial charge on any atom is -0.346 e. The molecule has 0 aliphatic carbocycles. The number of aromatic amines is 1. The van der Waals surface area contributed by atoms with Crippen molar-refractivity contribution in [1.29, 1.82) is 0 Å². The van der Waals surface area contributed by atoms with Crippen molar-refractivity contribution < 1.29 is 14.4 Å². The lowest BCUT2D eigenvalue weighted by atomic mass is 9.82. The number of hydrogen-bond donors (Lipinski definition) is 2. The summed E-state index contributed by atoms with van der Waals surface area (Å²) < 4.78 is 0. The molecule has 2 aliphatic rings. The summed E-state index contributed by atoms with van der Waals surface area (Å²) in [5, 5.41) is 3.07. The first-order valence-corrected chi connectivity index (χ1v) is 11.8. The van der Waals surface area contributed by atoms with Gasteiger partial charge in [-0.25, -0.2) is 4.98 Å². The number of amides is 3. The van der Waals surface area contributed by atoms with Gasteiger partial charge < -0.3 is 20.1 Å². The predicted molar refractivity (Wildman–Crippen MR) is 128 cm³/mol. The van der Waals surface area contributed by atoms with Crippen molar-refractivity contribution in [3.05, 3.63) is 65.5 Å². The molecule has 2 aromatic carbocycles. The molecule has 0 saturated carbocycles. The number of hydrogen-bond acceptors (Lipinski definition) is 4. The fourth-order valence-electron chi connectivity index (χ4n) is 5.25. The average molecular weight is 460 g/mol. The standard InChI is InChI=1S/C26H29N5O3/c1-17(24-28-21-9-5-6-10-22(21)29-24)27-23(33)15-26(11-13-30(14-12-26)18(2)32)31-16-19-7-3-4-8-20(19)25(31)34/h3-10,17H,11-16H2,1-2H3,(H,27,33)(H,28,29). The highest BCUT2D eigenvalue weighted by atomic mass is 16.2. The minimum absolute atomic E-state index is 0.0209. The van der Waals surface area contributed by atoms with Gasteiger partial charge >= 0.3 is 0 Å². The van der Waals surface area contributed by atoms with Gasteiger partial charge in [0.2, 0.25) is 11.8 Å². The minimum atomic E-state index is -0.639. The van der Waals surface area contributed by atoms with Crippen LogP contribution in [0.4, 0.5) is 0 Å². The maximum Gasteiger partial charge on any atom is 0.254 e. The third-order valence-electron chi connectivity index (χ3n) is 7.22. The molecule has 1 saturated heterocycles. The van der Waals surface area contributed by atoms with E-state index >= 15 is 0 Å². The number of nitrogens with zero attached hydrogens (tertiary/aromatic N) is 3. The van der Waals surface area contributed by atoms with Gasteiger partial charge in [0.1, 0.15) is 5.82 Å². The van der Waals surface area contributed by atoms with Gasteiger partial charge in [-0.2, -0.15) is 0 Å². The fourth-order valence-corrected chi connectivity index (χ4v) is 5.25. The molecule has 1 fully saturated rings. The van der Waals surface area contributed by atoms with E-state index in [1.54, 1.807) is 11.8 Å². The fraction of sp³-hybridized carbons (Fsp3) is 0.385. The normalized spacial score (nSPS) is 18.1. The van der Waals surface area contributed by atoms with Crippen molar-refractivity contribution in [1.82, 2.24) is 25.1 Å². The molecule has 1 atom stereocenters. The molecule has 2 N–H and O–H groups in total. The quantitative estimate of drug-likeness (QED) is 0.612. The predicted octanol–water partition coefficient (Wildman–Crippen LogP) is 3.17. The molecule has 3 amide bonds. The van der Waals surface area contributed by atoms with E-state index in [4.69, 9.17) is 0 Å². The summed E-state index contributed by atoms with van der Waals surface area (Å²) in [6, 6.07) is 15.1. The second-order valence-electron chi connectivity index (χ2n) is 9.38. The average Bonchev–Trinajstić information content (AvgIpc) is 3.41. The van der Waals surface area contributed by atoms with Crippen molar-refractivity contribution in [2.75, 3.05) is 13.1 Å². The molecule has 3 heterocycles. The zero-order valence-electron chi connectivity index (χ0n) is 19.5. The molecular formula is C26H29N5O3. The van der Waals surface area contributed by atoms with Crippen LogP contribution in [0.5, 0.6) is 0 Å². The molecule has 0 radical (unpaired) electrons. The van der Waals surface area contributed by atoms with Crippen LogP contribution >= 0.6 is 0 Å². The third kappa shape index (κ3) is 3.93. The lowest BCUT2D eigenvalue weighted by Crippen LogP contribution is -2.58. The number of rotatable bonds is 5.